The molecule has 1 fully saturated rings. The van der Waals surface area contributed by atoms with Gasteiger partial charge in [-0.3, -0.25) is 4.79 Å². The molecule has 1 saturated carbocycles. The molecule has 2 rings (SSSR count). The highest BCUT2D eigenvalue weighted by molar-refractivity contribution is 5.92. The second-order valence-electron chi connectivity index (χ2n) is 4.47. The van der Waals surface area contributed by atoms with Crippen molar-refractivity contribution < 1.29 is 13.6 Å². The molecular formula is C13H12F2N2O. The smallest absolute Gasteiger partial charge is 0.249 e. The lowest BCUT2D eigenvalue weighted by molar-refractivity contribution is -0.115. The van der Waals surface area contributed by atoms with Crippen molar-refractivity contribution in [2.24, 2.45) is 0 Å². The van der Waals surface area contributed by atoms with E-state index in [1.54, 1.807) is 30.3 Å². The Morgan fingerprint density at radius 2 is 2.22 bits per heavy atom. The van der Waals surface area contributed by atoms with Gasteiger partial charge in [-0.05, 0) is 23.6 Å². The first-order chi connectivity index (χ1) is 8.50. The number of benzene rings is 1. The SMILES string of the molecule is N#CCC(=O)Nc1cccc(C2CC(F)(F)C2)c1. The minimum absolute atomic E-state index is 0.136. The van der Waals surface area contributed by atoms with Gasteiger partial charge in [-0.1, -0.05) is 12.1 Å². The highest BCUT2D eigenvalue weighted by atomic mass is 19.3. The van der Waals surface area contributed by atoms with Gasteiger partial charge in [0, 0.05) is 18.5 Å². The van der Waals surface area contributed by atoms with Crippen LogP contribution in [-0.2, 0) is 4.79 Å². The molecule has 0 radical (unpaired) electrons. The van der Waals surface area contributed by atoms with E-state index in [0.717, 1.165) is 5.56 Å². The van der Waals surface area contributed by atoms with E-state index in [9.17, 15) is 13.6 Å². The number of halogens is 2. The monoisotopic (exact) mass is 250 g/mol. The zero-order valence-corrected chi connectivity index (χ0v) is 9.62. The highest BCUT2D eigenvalue weighted by Gasteiger charge is 2.45. The second-order valence-corrected chi connectivity index (χ2v) is 4.47. The van der Waals surface area contributed by atoms with Crippen LogP contribution in [0.5, 0.6) is 0 Å². The van der Waals surface area contributed by atoms with Crippen molar-refractivity contribution in [2.45, 2.75) is 31.1 Å². The lowest BCUT2D eigenvalue weighted by Gasteiger charge is -2.35. The van der Waals surface area contributed by atoms with Gasteiger partial charge in [0.05, 0.1) is 6.07 Å². The average molecular weight is 250 g/mol. The molecule has 0 spiro atoms. The molecule has 18 heavy (non-hydrogen) atoms. The molecule has 0 aliphatic heterocycles. The summed E-state index contributed by atoms with van der Waals surface area (Å²) < 4.78 is 25.6. The Morgan fingerprint density at radius 3 is 2.83 bits per heavy atom. The maximum absolute atomic E-state index is 12.8. The number of carbonyl (C=O) groups excluding carboxylic acids is 1. The quantitative estimate of drug-likeness (QED) is 0.896. The van der Waals surface area contributed by atoms with E-state index in [2.05, 4.69) is 5.32 Å². The molecule has 1 amide bonds. The molecule has 0 unspecified atom stereocenters. The van der Waals surface area contributed by atoms with Gasteiger partial charge in [-0.2, -0.15) is 5.26 Å². The van der Waals surface area contributed by atoms with Crippen molar-refractivity contribution in [2.75, 3.05) is 5.32 Å². The van der Waals surface area contributed by atoms with Gasteiger partial charge < -0.3 is 5.32 Å². The summed E-state index contributed by atoms with van der Waals surface area (Å²) in [5.41, 5.74) is 1.35. The molecule has 0 atom stereocenters. The molecule has 0 aromatic heterocycles. The summed E-state index contributed by atoms with van der Waals surface area (Å²) in [6, 6.07) is 8.61. The van der Waals surface area contributed by atoms with Gasteiger partial charge in [-0.15, -0.1) is 0 Å². The fourth-order valence-corrected chi connectivity index (χ4v) is 2.04. The number of nitrogens with one attached hydrogen (secondary N) is 1. The van der Waals surface area contributed by atoms with Crippen molar-refractivity contribution in [3.05, 3.63) is 29.8 Å². The normalized spacial score (nSPS) is 17.6. The van der Waals surface area contributed by atoms with E-state index >= 15 is 0 Å². The Kier molecular flexibility index (Phi) is 3.28. The molecule has 94 valence electrons. The van der Waals surface area contributed by atoms with Gasteiger partial charge >= 0.3 is 0 Å². The van der Waals surface area contributed by atoms with Gasteiger partial charge in [0.15, 0.2) is 0 Å². The van der Waals surface area contributed by atoms with Gasteiger partial charge in [-0.25, -0.2) is 8.78 Å². The van der Waals surface area contributed by atoms with Crippen LogP contribution >= 0.6 is 0 Å². The number of alkyl halides is 2. The fourth-order valence-electron chi connectivity index (χ4n) is 2.04. The Labute approximate surface area is 103 Å². The number of nitriles is 1. The number of rotatable bonds is 3. The average Bonchev–Trinajstić information content (AvgIpc) is 2.26. The summed E-state index contributed by atoms with van der Waals surface area (Å²) in [7, 11) is 0. The summed E-state index contributed by atoms with van der Waals surface area (Å²) in [5.74, 6) is -3.09. The van der Waals surface area contributed by atoms with E-state index in [-0.39, 0.29) is 25.2 Å². The van der Waals surface area contributed by atoms with Crippen LogP contribution < -0.4 is 5.32 Å². The Balaban J connectivity index is 2.03. The van der Waals surface area contributed by atoms with E-state index < -0.39 is 11.8 Å². The van der Waals surface area contributed by atoms with E-state index in [1.807, 2.05) is 0 Å². The number of nitrogens with zero attached hydrogens (tertiary/aromatic N) is 1. The van der Waals surface area contributed by atoms with Gasteiger partial charge in [0.25, 0.3) is 0 Å². The third-order valence-corrected chi connectivity index (χ3v) is 2.97. The maximum Gasteiger partial charge on any atom is 0.249 e. The minimum Gasteiger partial charge on any atom is -0.325 e. The molecule has 3 nitrogen and oxygen atoms in total. The lowest BCUT2D eigenvalue weighted by atomic mass is 9.77. The number of anilines is 1. The van der Waals surface area contributed by atoms with Gasteiger partial charge in [0.2, 0.25) is 11.8 Å². The van der Waals surface area contributed by atoms with Crippen molar-refractivity contribution >= 4 is 11.6 Å². The topological polar surface area (TPSA) is 52.9 Å². The zero-order valence-electron chi connectivity index (χ0n) is 9.62. The predicted molar refractivity (Wildman–Crippen MR) is 62.2 cm³/mol. The number of hydrogen-bond acceptors (Lipinski definition) is 2. The predicted octanol–water partition coefficient (Wildman–Crippen LogP) is 3.05. The van der Waals surface area contributed by atoms with Crippen molar-refractivity contribution in [1.82, 2.24) is 0 Å². The summed E-state index contributed by atoms with van der Waals surface area (Å²) in [6.07, 6.45) is -0.489. The third kappa shape index (κ3) is 2.83. The van der Waals surface area contributed by atoms with Crippen molar-refractivity contribution in [3.63, 3.8) is 0 Å². The largest absolute Gasteiger partial charge is 0.325 e. The Morgan fingerprint density at radius 1 is 1.50 bits per heavy atom. The maximum atomic E-state index is 12.8. The number of carbonyl (C=O) groups is 1. The third-order valence-electron chi connectivity index (χ3n) is 2.97. The molecule has 1 aliphatic carbocycles. The van der Waals surface area contributed by atoms with Crippen LogP contribution in [0, 0.1) is 11.3 Å². The molecule has 1 aromatic carbocycles. The number of hydrogen-bond donors (Lipinski definition) is 1. The highest BCUT2D eigenvalue weighted by Crippen LogP contribution is 2.48. The molecule has 5 heteroatoms. The molecule has 1 aliphatic rings. The van der Waals surface area contributed by atoms with E-state index in [1.165, 1.54) is 0 Å². The Bertz CT molecular complexity index is 500. The standard InChI is InChI=1S/C13H12F2N2O/c14-13(15)7-10(8-13)9-2-1-3-11(6-9)17-12(18)4-5-16/h1-3,6,10H,4,7-8H2,(H,17,18). The second kappa shape index (κ2) is 4.73. The zero-order chi connectivity index (χ0) is 13.2. The van der Waals surface area contributed by atoms with Crippen LogP contribution in [0.4, 0.5) is 14.5 Å². The minimum atomic E-state index is -2.55. The van der Waals surface area contributed by atoms with Crippen LogP contribution in [0.1, 0.15) is 30.7 Å². The van der Waals surface area contributed by atoms with Crippen molar-refractivity contribution in [1.29, 1.82) is 5.26 Å². The van der Waals surface area contributed by atoms with Crippen LogP contribution in [0.3, 0.4) is 0 Å². The first-order valence-corrected chi connectivity index (χ1v) is 5.65. The molecule has 1 N–H and O–H groups in total. The van der Waals surface area contributed by atoms with Crippen LogP contribution in [-0.4, -0.2) is 11.8 Å². The van der Waals surface area contributed by atoms with Crippen LogP contribution in [0.2, 0.25) is 0 Å². The first-order valence-electron chi connectivity index (χ1n) is 5.65. The number of amides is 1. The van der Waals surface area contributed by atoms with E-state index in [0.29, 0.717) is 5.69 Å². The van der Waals surface area contributed by atoms with Crippen LogP contribution in [0.15, 0.2) is 24.3 Å². The van der Waals surface area contributed by atoms with Crippen LogP contribution in [0.25, 0.3) is 0 Å². The lowest BCUT2D eigenvalue weighted by Crippen LogP contribution is -2.33. The molecule has 0 heterocycles. The fraction of sp³-hybridized carbons (Fsp3) is 0.385. The molecule has 0 saturated heterocycles. The summed E-state index contributed by atoms with van der Waals surface area (Å²) in [5, 5.41) is 10.9. The molecule has 0 bridgehead atoms. The summed E-state index contributed by atoms with van der Waals surface area (Å²) in [4.78, 5) is 11.2. The Hall–Kier alpha value is -1.96. The molecule has 1 aromatic rings. The molecular weight excluding hydrogens is 238 g/mol. The van der Waals surface area contributed by atoms with Crippen molar-refractivity contribution in [3.8, 4) is 6.07 Å². The summed E-state index contributed by atoms with van der Waals surface area (Å²) in [6.45, 7) is 0. The van der Waals surface area contributed by atoms with E-state index in [4.69, 9.17) is 5.26 Å². The summed E-state index contributed by atoms with van der Waals surface area (Å²) >= 11 is 0. The first kappa shape index (κ1) is 12.5. The van der Waals surface area contributed by atoms with Gasteiger partial charge in [0.1, 0.15) is 6.42 Å².